The minimum Gasteiger partial charge on any atom is -0.212 e. The molecule has 0 aromatic carbocycles. The number of rotatable bonds is 2. The molecule has 11 heavy (non-hydrogen) atoms. The summed E-state index contributed by atoms with van der Waals surface area (Å²) in [5, 5.41) is 0. The molecule has 0 aromatic rings. The van der Waals surface area contributed by atoms with Gasteiger partial charge in [0, 0.05) is 18.5 Å². The van der Waals surface area contributed by atoms with E-state index in [0.717, 1.165) is 12.8 Å². The quantitative estimate of drug-likeness (QED) is 0.610. The van der Waals surface area contributed by atoms with E-state index in [4.69, 9.17) is 11.6 Å². The number of alkyl halides is 1. The minimum atomic E-state index is -3.01. The van der Waals surface area contributed by atoms with Gasteiger partial charge < -0.3 is 0 Å². The van der Waals surface area contributed by atoms with E-state index in [0.29, 0.717) is 12.4 Å². The van der Waals surface area contributed by atoms with Crippen molar-refractivity contribution in [3.8, 4) is 0 Å². The van der Waals surface area contributed by atoms with E-state index in [1.54, 1.807) is 0 Å². The molecular formula is C6H12ClNO2S. The number of hydrogen-bond acceptors (Lipinski definition) is 2. The lowest BCUT2D eigenvalue weighted by Crippen LogP contribution is -2.35. The molecule has 1 rings (SSSR count). The highest BCUT2D eigenvalue weighted by Crippen LogP contribution is 2.20. The Bertz CT molecular complexity index is 227. The molecule has 1 fully saturated rings. The van der Waals surface area contributed by atoms with Crippen LogP contribution in [-0.4, -0.2) is 37.4 Å². The molecule has 1 atom stereocenters. The zero-order chi connectivity index (χ0) is 8.48. The van der Waals surface area contributed by atoms with Crippen molar-refractivity contribution in [3.63, 3.8) is 0 Å². The van der Waals surface area contributed by atoms with Crippen LogP contribution in [0.2, 0.25) is 0 Å². The zero-order valence-corrected chi connectivity index (χ0v) is 8.03. The number of hydrogen-bond donors (Lipinski definition) is 0. The van der Waals surface area contributed by atoms with E-state index >= 15 is 0 Å². The first-order valence-electron chi connectivity index (χ1n) is 3.58. The van der Waals surface area contributed by atoms with Gasteiger partial charge in [-0.2, -0.15) is 4.31 Å². The molecule has 0 aliphatic carbocycles. The predicted molar refractivity (Wildman–Crippen MR) is 45.3 cm³/mol. The molecule has 0 N–H and O–H groups in total. The molecule has 5 heteroatoms. The Morgan fingerprint density at radius 2 is 2.27 bits per heavy atom. The number of nitrogens with zero attached hydrogens (tertiary/aromatic N) is 1. The molecule has 0 aromatic heterocycles. The molecule has 1 heterocycles. The maximum absolute atomic E-state index is 11.1. The average Bonchev–Trinajstić information content (AvgIpc) is 2.31. The lowest BCUT2D eigenvalue weighted by atomic mass is 10.3. The number of halogens is 1. The second-order valence-corrected chi connectivity index (χ2v) is 5.07. The maximum atomic E-state index is 11.1. The molecule has 66 valence electrons. The van der Waals surface area contributed by atoms with Crippen molar-refractivity contribution >= 4 is 21.6 Å². The molecule has 0 saturated carbocycles. The van der Waals surface area contributed by atoms with Crippen molar-refractivity contribution in [1.29, 1.82) is 0 Å². The summed E-state index contributed by atoms with van der Waals surface area (Å²) in [5.41, 5.74) is 0. The lowest BCUT2D eigenvalue weighted by Gasteiger charge is -2.19. The third kappa shape index (κ3) is 2.07. The summed E-state index contributed by atoms with van der Waals surface area (Å²) >= 11 is 5.60. The Morgan fingerprint density at radius 3 is 2.64 bits per heavy atom. The van der Waals surface area contributed by atoms with Crippen molar-refractivity contribution in [2.75, 3.05) is 18.7 Å². The van der Waals surface area contributed by atoms with E-state index < -0.39 is 10.0 Å². The van der Waals surface area contributed by atoms with Crippen LogP contribution < -0.4 is 0 Å². The van der Waals surface area contributed by atoms with Crippen LogP contribution in [0.15, 0.2) is 0 Å². The Kier molecular flexibility index (Phi) is 2.78. The Labute approximate surface area is 72.4 Å². The van der Waals surface area contributed by atoms with Gasteiger partial charge in [-0.3, -0.25) is 0 Å². The molecular weight excluding hydrogens is 186 g/mol. The van der Waals surface area contributed by atoms with Crippen LogP contribution in [0.1, 0.15) is 12.8 Å². The summed E-state index contributed by atoms with van der Waals surface area (Å²) in [6.07, 6.45) is 3.07. The van der Waals surface area contributed by atoms with E-state index in [1.807, 2.05) is 0 Å². The summed E-state index contributed by atoms with van der Waals surface area (Å²) in [6.45, 7) is 0.635. The summed E-state index contributed by atoms with van der Waals surface area (Å²) in [4.78, 5) is 0. The molecule has 1 unspecified atom stereocenters. The normalized spacial score (nSPS) is 27.6. The predicted octanol–water partition coefficient (Wildman–Crippen LogP) is 0.649. The molecule has 1 aliphatic rings. The molecule has 0 bridgehead atoms. The summed E-state index contributed by atoms with van der Waals surface area (Å²) < 4.78 is 23.6. The molecule has 1 aliphatic heterocycles. The zero-order valence-electron chi connectivity index (χ0n) is 6.46. The van der Waals surface area contributed by atoms with Crippen LogP contribution in [0.3, 0.4) is 0 Å². The molecule has 0 radical (unpaired) electrons. The van der Waals surface area contributed by atoms with E-state index in [-0.39, 0.29) is 6.04 Å². The Morgan fingerprint density at radius 1 is 1.64 bits per heavy atom. The van der Waals surface area contributed by atoms with Gasteiger partial charge >= 0.3 is 0 Å². The summed E-state index contributed by atoms with van der Waals surface area (Å²) in [6, 6.07) is 0.0340. The van der Waals surface area contributed by atoms with Crippen LogP contribution in [0.5, 0.6) is 0 Å². The molecule has 0 amide bonds. The summed E-state index contributed by atoms with van der Waals surface area (Å²) in [5.74, 6) is 0.410. The fraction of sp³-hybridized carbons (Fsp3) is 1.00. The van der Waals surface area contributed by atoms with Gasteiger partial charge in [0.05, 0.1) is 6.26 Å². The topological polar surface area (TPSA) is 37.4 Å². The average molecular weight is 198 g/mol. The highest BCUT2D eigenvalue weighted by Gasteiger charge is 2.30. The first kappa shape index (κ1) is 9.29. The first-order valence-corrected chi connectivity index (χ1v) is 5.97. The van der Waals surface area contributed by atoms with Gasteiger partial charge in [-0.25, -0.2) is 8.42 Å². The van der Waals surface area contributed by atoms with Crippen molar-refractivity contribution in [2.45, 2.75) is 18.9 Å². The van der Waals surface area contributed by atoms with Crippen molar-refractivity contribution in [2.24, 2.45) is 0 Å². The summed E-state index contributed by atoms with van der Waals surface area (Å²) in [7, 11) is -3.01. The van der Waals surface area contributed by atoms with Gasteiger partial charge in [0.1, 0.15) is 0 Å². The highest BCUT2D eigenvalue weighted by atomic mass is 35.5. The fourth-order valence-corrected chi connectivity index (χ4v) is 2.99. The highest BCUT2D eigenvalue weighted by molar-refractivity contribution is 7.88. The maximum Gasteiger partial charge on any atom is 0.211 e. The van der Waals surface area contributed by atoms with Crippen LogP contribution >= 0.6 is 11.6 Å². The Balaban J connectivity index is 2.72. The monoisotopic (exact) mass is 197 g/mol. The molecule has 0 spiro atoms. The van der Waals surface area contributed by atoms with E-state index in [2.05, 4.69) is 0 Å². The standard InChI is InChI=1S/C6H12ClNO2S/c1-11(9,10)8-4-2-3-6(8)5-7/h6H,2-5H2,1H3. The van der Waals surface area contributed by atoms with Crippen molar-refractivity contribution in [1.82, 2.24) is 4.31 Å². The second-order valence-electron chi connectivity index (χ2n) is 2.82. The van der Waals surface area contributed by atoms with E-state index in [9.17, 15) is 8.42 Å². The largest absolute Gasteiger partial charge is 0.212 e. The SMILES string of the molecule is CS(=O)(=O)N1CCCC1CCl. The molecule has 3 nitrogen and oxygen atoms in total. The van der Waals surface area contributed by atoms with Gasteiger partial charge in [-0.1, -0.05) is 0 Å². The van der Waals surface area contributed by atoms with Crippen LogP contribution in [-0.2, 0) is 10.0 Å². The van der Waals surface area contributed by atoms with Crippen molar-refractivity contribution < 1.29 is 8.42 Å². The fourth-order valence-electron chi connectivity index (χ4n) is 1.40. The second kappa shape index (κ2) is 3.29. The van der Waals surface area contributed by atoms with Gasteiger partial charge in [-0.15, -0.1) is 11.6 Å². The van der Waals surface area contributed by atoms with Gasteiger partial charge in [0.25, 0.3) is 0 Å². The lowest BCUT2D eigenvalue weighted by molar-refractivity contribution is 0.415. The first-order chi connectivity index (χ1) is 5.05. The number of sulfonamides is 1. The van der Waals surface area contributed by atoms with Gasteiger partial charge in [0.2, 0.25) is 10.0 Å². The van der Waals surface area contributed by atoms with Crippen LogP contribution in [0.25, 0.3) is 0 Å². The molecule has 1 saturated heterocycles. The minimum absolute atomic E-state index is 0.0340. The van der Waals surface area contributed by atoms with E-state index in [1.165, 1.54) is 10.6 Å². The van der Waals surface area contributed by atoms with Gasteiger partial charge in [0.15, 0.2) is 0 Å². The third-order valence-electron chi connectivity index (χ3n) is 1.93. The van der Waals surface area contributed by atoms with Crippen LogP contribution in [0, 0.1) is 0 Å². The van der Waals surface area contributed by atoms with Crippen LogP contribution in [0.4, 0.5) is 0 Å². The third-order valence-corrected chi connectivity index (χ3v) is 3.62. The van der Waals surface area contributed by atoms with Crippen molar-refractivity contribution in [3.05, 3.63) is 0 Å². The smallest absolute Gasteiger partial charge is 0.211 e. The van der Waals surface area contributed by atoms with Gasteiger partial charge in [-0.05, 0) is 12.8 Å². The Hall–Kier alpha value is 0.200.